The molecule has 0 aliphatic heterocycles. The first-order valence-corrected chi connectivity index (χ1v) is 7.55. The van der Waals surface area contributed by atoms with Crippen LogP contribution in [0.15, 0.2) is 34.8 Å². The van der Waals surface area contributed by atoms with Crippen molar-refractivity contribution < 1.29 is 9.47 Å². The van der Waals surface area contributed by atoms with Gasteiger partial charge in [-0.1, -0.05) is 35.0 Å². The van der Waals surface area contributed by atoms with E-state index in [-0.39, 0.29) is 0 Å². The fraction of sp³-hybridized carbons (Fsp3) is 0.500. The first-order valence-electron chi connectivity index (χ1n) is 6.76. The van der Waals surface area contributed by atoms with Gasteiger partial charge >= 0.3 is 0 Å². The summed E-state index contributed by atoms with van der Waals surface area (Å²) in [5, 5.41) is 0. The molecule has 1 aromatic carbocycles. The van der Waals surface area contributed by atoms with E-state index in [0.717, 1.165) is 34.7 Å². The maximum Gasteiger partial charge on any atom is 0.119 e. The number of methoxy groups -OCH3 is 1. The van der Waals surface area contributed by atoms with E-state index in [4.69, 9.17) is 9.47 Å². The molecule has 0 saturated carbocycles. The molecule has 19 heavy (non-hydrogen) atoms. The average Bonchev–Trinajstić information content (AvgIpc) is 2.43. The van der Waals surface area contributed by atoms with Crippen molar-refractivity contribution in [2.75, 3.05) is 13.7 Å². The minimum Gasteiger partial charge on any atom is -0.497 e. The lowest BCUT2D eigenvalue weighted by molar-refractivity contribution is 0.0676. The molecule has 1 aliphatic rings. The fourth-order valence-electron chi connectivity index (χ4n) is 2.35. The summed E-state index contributed by atoms with van der Waals surface area (Å²) in [7, 11) is 1.68. The molecule has 0 amide bonds. The maximum atomic E-state index is 5.89. The Kier molecular flexibility index (Phi) is 5.46. The third-order valence-electron chi connectivity index (χ3n) is 3.76. The third-order valence-corrected chi connectivity index (χ3v) is 4.53. The van der Waals surface area contributed by atoms with Crippen LogP contribution < -0.4 is 4.74 Å². The number of allylic oxidation sites excluding steroid dienone is 2. The fourth-order valence-corrected chi connectivity index (χ4v) is 2.71. The van der Waals surface area contributed by atoms with E-state index in [1.807, 2.05) is 18.2 Å². The highest BCUT2D eigenvalue weighted by atomic mass is 79.9. The second kappa shape index (κ2) is 7.11. The van der Waals surface area contributed by atoms with Gasteiger partial charge in [-0.25, -0.2) is 0 Å². The highest BCUT2D eigenvalue weighted by Crippen LogP contribution is 2.27. The van der Waals surface area contributed by atoms with Gasteiger partial charge in [0.05, 0.1) is 20.3 Å². The number of hydrogen-bond acceptors (Lipinski definition) is 2. The van der Waals surface area contributed by atoms with Gasteiger partial charge in [0.25, 0.3) is 0 Å². The molecule has 0 radical (unpaired) electrons. The summed E-state index contributed by atoms with van der Waals surface area (Å²) < 4.78 is 12.2. The summed E-state index contributed by atoms with van der Waals surface area (Å²) in [5.74, 6) is 2.24. The van der Waals surface area contributed by atoms with Gasteiger partial charge in [-0.2, -0.15) is 0 Å². The Labute approximate surface area is 123 Å². The molecule has 3 heteroatoms. The van der Waals surface area contributed by atoms with Gasteiger partial charge in [-0.05, 0) is 48.4 Å². The van der Waals surface area contributed by atoms with E-state index in [2.05, 4.69) is 35.0 Å². The standard InChI is InChI=1S/C16H21BrO2/c1-12-5-3-4-6-13(12)10-19-11-14-9-15(18-2)7-8-16(14)17/h3-4,7-9,12-13H,5-6,10-11H2,1-2H3. The van der Waals surface area contributed by atoms with E-state index in [0.29, 0.717) is 12.5 Å². The molecule has 0 spiro atoms. The molecule has 2 unspecified atom stereocenters. The van der Waals surface area contributed by atoms with Gasteiger partial charge < -0.3 is 9.47 Å². The predicted octanol–water partition coefficient (Wildman–Crippen LogP) is 4.58. The summed E-state index contributed by atoms with van der Waals surface area (Å²) in [6.07, 6.45) is 6.87. The van der Waals surface area contributed by atoms with Gasteiger partial charge in [0.15, 0.2) is 0 Å². The maximum absolute atomic E-state index is 5.89. The Morgan fingerprint density at radius 3 is 2.79 bits per heavy atom. The largest absolute Gasteiger partial charge is 0.497 e. The molecule has 2 rings (SSSR count). The number of ether oxygens (including phenoxy) is 2. The Morgan fingerprint density at radius 1 is 1.26 bits per heavy atom. The number of rotatable bonds is 5. The van der Waals surface area contributed by atoms with Crippen LogP contribution in [0.25, 0.3) is 0 Å². The van der Waals surface area contributed by atoms with Gasteiger partial charge in [-0.3, -0.25) is 0 Å². The third kappa shape index (κ3) is 4.08. The summed E-state index contributed by atoms with van der Waals surface area (Å²) >= 11 is 3.55. The van der Waals surface area contributed by atoms with E-state index < -0.39 is 0 Å². The van der Waals surface area contributed by atoms with Gasteiger partial charge in [0, 0.05) is 4.47 Å². The minimum atomic E-state index is 0.630. The zero-order valence-electron chi connectivity index (χ0n) is 11.6. The lowest BCUT2D eigenvalue weighted by Gasteiger charge is -2.25. The second-order valence-electron chi connectivity index (χ2n) is 5.15. The van der Waals surface area contributed by atoms with Crippen molar-refractivity contribution in [1.82, 2.24) is 0 Å². The molecule has 1 aromatic rings. The Morgan fingerprint density at radius 2 is 2.05 bits per heavy atom. The highest BCUT2D eigenvalue weighted by Gasteiger charge is 2.18. The normalized spacial score (nSPS) is 22.5. The van der Waals surface area contributed by atoms with E-state index in [1.165, 1.54) is 6.42 Å². The second-order valence-corrected chi connectivity index (χ2v) is 6.01. The average molecular weight is 325 g/mol. The summed E-state index contributed by atoms with van der Waals surface area (Å²) in [5.41, 5.74) is 1.14. The SMILES string of the molecule is COc1ccc(Br)c(COCC2CC=CCC2C)c1. The quantitative estimate of drug-likeness (QED) is 0.738. The molecule has 0 N–H and O–H groups in total. The molecule has 0 fully saturated rings. The molecular formula is C16H21BrO2. The zero-order valence-corrected chi connectivity index (χ0v) is 13.2. The molecule has 2 nitrogen and oxygen atoms in total. The van der Waals surface area contributed by atoms with Crippen LogP contribution in [0.4, 0.5) is 0 Å². The molecule has 0 bridgehead atoms. The van der Waals surface area contributed by atoms with Crippen LogP contribution in [-0.2, 0) is 11.3 Å². The summed E-state index contributed by atoms with van der Waals surface area (Å²) in [4.78, 5) is 0. The minimum absolute atomic E-state index is 0.630. The van der Waals surface area contributed by atoms with Crippen LogP contribution in [0.3, 0.4) is 0 Å². The molecule has 0 saturated heterocycles. The van der Waals surface area contributed by atoms with Gasteiger partial charge in [0.2, 0.25) is 0 Å². The van der Waals surface area contributed by atoms with Crippen molar-refractivity contribution in [3.63, 3.8) is 0 Å². The van der Waals surface area contributed by atoms with E-state index >= 15 is 0 Å². The van der Waals surface area contributed by atoms with Crippen molar-refractivity contribution in [3.05, 3.63) is 40.4 Å². The van der Waals surface area contributed by atoms with Crippen LogP contribution in [-0.4, -0.2) is 13.7 Å². The first kappa shape index (κ1) is 14.6. The monoisotopic (exact) mass is 324 g/mol. The van der Waals surface area contributed by atoms with Crippen LogP contribution in [0, 0.1) is 11.8 Å². The molecule has 104 valence electrons. The Balaban J connectivity index is 1.87. The molecule has 1 aliphatic carbocycles. The summed E-state index contributed by atoms with van der Waals surface area (Å²) in [6, 6.07) is 5.97. The molecular weight excluding hydrogens is 304 g/mol. The van der Waals surface area contributed by atoms with Gasteiger partial charge in [0.1, 0.15) is 5.75 Å². The van der Waals surface area contributed by atoms with Crippen LogP contribution in [0.1, 0.15) is 25.3 Å². The van der Waals surface area contributed by atoms with Crippen molar-refractivity contribution in [2.45, 2.75) is 26.4 Å². The lowest BCUT2D eigenvalue weighted by atomic mass is 9.85. The first-order chi connectivity index (χ1) is 9.20. The molecule has 0 aromatic heterocycles. The molecule has 2 atom stereocenters. The predicted molar refractivity (Wildman–Crippen MR) is 81.4 cm³/mol. The number of halogens is 1. The lowest BCUT2D eigenvalue weighted by Crippen LogP contribution is -2.19. The Bertz CT molecular complexity index is 442. The van der Waals surface area contributed by atoms with Crippen molar-refractivity contribution in [1.29, 1.82) is 0 Å². The number of benzene rings is 1. The van der Waals surface area contributed by atoms with Crippen LogP contribution in [0.5, 0.6) is 5.75 Å². The molecule has 0 heterocycles. The Hall–Kier alpha value is -0.800. The van der Waals surface area contributed by atoms with Crippen molar-refractivity contribution in [3.8, 4) is 5.75 Å². The van der Waals surface area contributed by atoms with Crippen molar-refractivity contribution in [2.24, 2.45) is 11.8 Å². The van der Waals surface area contributed by atoms with E-state index in [1.54, 1.807) is 7.11 Å². The number of hydrogen-bond donors (Lipinski definition) is 0. The van der Waals surface area contributed by atoms with E-state index in [9.17, 15) is 0 Å². The topological polar surface area (TPSA) is 18.5 Å². The van der Waals surface area contributed by atoms with Gasteiger partial charge in [-0.15, -0.1) is 0 Å². The van der Waals surface area contributed by atoms with Crippen LogP contribution in [0.2, 0.25) is 0 Å². The van der Waals surface area contributed by atoms with Crippen LogP contribution >= 0.6 is 15.9 Å². The highest BCUT2D eigenvalue weighted by molar-refractivity contribution is 9.10. The smallest absolute Gasteiger partial charge is 0.119 e. The van der Waals surface area contributed by atoms with Crippen molar-refractivity contribution >= 4 is 15.9 Å². The zero-order chi connectivity index (χ0) is 13.7. The summed E-state index contributed by atoms with van der Waals surface area (Å²) in [6.45, 7) is 3.76.